The van der Waals surface area contributed by atoms with Gasteiger partial charge in [0.1, 0.15) is 10.8 Å². The fraction of sp³-hybridized carbons (Fsp3) is 0.308. The Balaban J connectivity index is 1.97. The van der Waals surface area contributed by atoms with Crippen LogP contribution >= 0.6 is 11.3 Å². The van der Waals surface area contributed by atoms with Gasteiger partial charge in [0.2, 0.25) is 5.13 Å². The first-order valence-electron chi connectivity index (χ1n) is 5.99. The molecular formula is C13H15N3O3S. The summed E-state index contributed by atoms with van der Waals surface area (Å²) < 4.78 is 10.0. The topological polar surface area (TPSA) is 73.3 Å². The number of nitrogens with zero attached hydrogens (tertiary/aromatic N) is 2. The van der Waals surface area contributed by atoms with Crippen LogP contribution in [0.4, 0.5) is 5.13 Å². The molecule has 7 heteroatoms. The van der Waals surface area contributed by atoms with Crippen molar-refractivity contribution in [3.63, 3.8) is 0 Å². The third-order valence-electron chi connectivity index (χ3n) is 2.56. The minimum absolute atomic E-state index is 0.220. The molecule has 0 unspecified atom stereocenters. The van der Waals surface area contributed by atoms with E-state index in [1.165, 1.54) is 11.3 Å². The molecule has 1 heterocycles. The highest BCUT2D eigenvalue weighted by Crippen LogP contribution is 2.17. The van der Waals surface area contributed by atoms with Gasteiger partial charge in [-0.25, -0.2) is 0 Å². The van der Waals surface area contributed by atoms with Gasteiger partial charge in [0.25, 0.3) is 5.91 Å². The maximum atomic E-state index is 12.0. The standard InChI is InChI=1S/C13H15N3O3S/c1-18-8-7-11-15-16-13(20-11)14-12(17)9-3-5-10(19-2)6-4-9/h3-6H,7-8H2,1-2H3,(H,14,16,17). The SMILES string of the molecule is COCCc1nnc(NC(=O)c2ccc(OC)cc2)s1. The fourth-order valence-corrected chi connectivity index (χ4v) is 2.22. The first-order valence-corrected chi connectivity index (χ1v) is 6.81. The van der Waals surface area contributed by atoms with E-state index in [1.807, 2.05) is 0 Å². The molecule has 0 saturated carbocycles. The predicted octanol–water partition coefficient (Wildman–Crippen LogP) is 1.99. The molecule has 0 bridgehead atoms. The number of methoxy groups -OCH3 is 2. The van der Waals surface area contributed by atoms with Crippen molar-refractivity contribution in [3.05, 3.63) is 34.8 Å². The summed E-state index contributed by atoms with van der Waals surface area (Å²) in [7, 11) is 3.21. The molecule has 0 radical (unpaired) electrons. The number of aromatic nitrogens is 2. The van der Waals surface area contributed by atoms with E-state index in [2.05, 4.69) is 15.5 Å². The number of carbonyl (C=O) groups is 1. The molecule has 0 aliphatic heterocycles. The molecule has 1 amide bonds. The van der Waals surface area contributed by atoms with Crippen molar-refractivity contribution < 1.29 is 14.3 Å². The van der Waals surface area contributed by atoms with Gasteiger partial charge in [-0.2, -0.15) is 0 Å². The smallest absolute Gasteiger partial charge is 0.257 e. The lowest BCUT2D eigenvalue weighted by molar-refractivity contribution is 0.102. The molecule has 0 fully saturated rings. The third-order valence-corrected chi connectivity index (χ3v) is 3.46. The summed E-state index contributed by atoms with van der Waals surface area (Å²) in [6.07, 6.45) is 0.687. The Labute approximate surface area is 120 Å². The van der Waals surface area contributed by atoms with Gasteiger partial charge in [-0.3, -0.25) is 10.1 Å². The Kier molecular flexibility index (Phi) is 5.03. The van der Waals surface area contributed by atoms with E-state index < -0.39 is 0 Å². The molecule has 1 aromatic heterocycles. The Morgan fingerprint density at radius 2 is 2.00 bits per heavy atom. The van der Waals surface area contributed by atoms with Gasteiger partial charge < -0.3 is 9.47 Å². The Morgan fingerprint density at radius 1 is 1.25 bits per heavy atom. The minimum atomic E-state index is -0.220. The van der Waals surface area contributed by atoms with Crippen molar-refractivity contribution in [2.45, 2.75) is 6.42 Å². The lowest BCUT2D eigenvalue weighted by Gasteiger charge is -2.02. The lowest BCUT2D eigenvalue weighted by atomic mass is 10.2. The van der Waals surface area contributed by atoms with Crippen LogP contribution in [0, 0.1) is 0 Å². The lowest BCUT2D eigenvalue weighted by Crippen LogP contribution is -2.11. The van der Waals surface area contributed by atoms with E-state index in [-0.39, 0.29) is 5.91 Å². The number of benzene rings is 1. The zero-order chi connectivity index (χ0) is 14.4. The van der Waals surface area contributed by atoms with E-state index in [0.29, 0.717) is 29.5 Å². The Morgan fingerprint density at radius 3 is 2.65 bits per heavy atom. The molecule has 2 rings (SSSR count). The van der Waals surface area contributed by atoms with E-state index in [4.69, 9.17) is 9.47 Å². The normalized spacial score (nSPS) is 10.3. The highest BCUT2D eigenvalue weighted by molar-refractivity contribution is 7.15. The van der Waals surface area contributed by atoms with Crippen LogP contribution in [0.15, 0.2) is 24.3 Å². The van der Waals surface area contributed by atoms with Crippen LogP contribution in [0.5, 0.6) is 5.75 Å². The Bertz CT molecular complexity index is 568. The molecule has 0 aliphatic rings. The number of rotatable bonds is 6. The van der Waals surface area contributed by atoms with Crippen molar-refractivity contribution in [3.8, 4) is 5.75 Å². The molecule has 0 saturated heterocycles. The molecule has 1 aromatic carbocycles. The summed E-state index contributed by atoms with van der Waals surface area (Å²) in [6.45, 7) is 0.584. The van der Waals surface area contributed by atoms with Crippen LogP contribution < -0.4 is 10.1 Å². The maximum Gasteiger partial charge on any atom is 0.257 e. The molecule has 0 aliphatic carbocycles. The van der Waals surface area contributed by atoms with Crippen LogP contribution in [0.2, 0.25) is 0 Å². The average molecular weight is 293 g/mol. The molecule has 6 nitrogen and oxygen atoms in total. The molecule has 1 N–H and O–H groups in total. The highest BCUT2D eigenvalue weighted by atomic mass is 32.1. The quantitative estimate of drug-likeness (QED) is 0.881. The highest BCUT2D eigenvalue weighted by Gasteiger charge is 2.10. The number of ether oxygens (including phenoxy) is 2. The zero-order valence-corrected chi connectivity index (χ0v) is 12.1. The second-order valence-corrected chi connectivity index (χ2v) is 4.99. The number of anilines is 1. The predicted molar refractivity (Wildman–Crippen MR) is 76.4 cm³/mol. The van der Waals surface area contributed by atoms with Crippen LogP contribution in [0.1, 0.15) is 15.4 Å². The second kappa shape index (κ2) is 6.97. The van der Waals surface area contributed by atoms with E-state index >= 15 is 0 Å². The van der Waals surface area contributed by atoms with Crippen LogP contribution in [-0.4, -0.2) is 36.9 Å². The van der Waals surface area contributed by atoms with Gasteiger partial charge in [0.05, 0.1) is 13.7 Å². The molecule has 106 valence electrons. The van der Waals surface area contributed by atoms with Gasteiger partial charge in [0.15, 0.2) is 0 Å². The van der Waals surface area contributed by atoms with Crippen molar-refractivity contribution in [1.82, 2.24) is 10.2 Å². The third kappa shape index (κ3) is 3.75. The average Bonchev–Trinajstić information content (AvgIpc) is 2.92. The van der Waals surface area contributed by atoms with Crippen LogP contribution in [0.25, 0.3) is 0 Å². The van der Waals surface area contributed by atoms with Crippen molar-refractivity contribution in [2.24, 2.45) is 0 Å². The van der Waals surface area contributed by atoms with Crippen molar-refractivity contribution >= 4 is 22.4 Å². The first-order chi connectivity index (χ1) is 9.72. The van der Waals surface area contributed by atoms with Gasteiger partial charge in [-0.1, -0.05) is 11.3 Å². The van der Waals surface area contributed by atoms with Gasteiger partial charge >= 0.3 is 0 Å². The first kappa shape index (κ1) is 14.4. The molecule has 0 spiro atoms. The zero-order valence-electron chi connectivity index (χ0n) is 11.3. The van der Waals surface area contributed by atoms with Crippen molar-refractivity contribution in [1.29, 1.82) is 0 Å². The maximum absolute atomic E-state index is 12.0. The summed E-state index contributed by atoms with van der Waals surface area (Å²) in [5.41, 5.74) is 0.541. The fourth-order valence-electron chi connectivity index (χ4n) is 1.51. The summed E-state index contributed by atoms with van der Waals surface area (Å²) >= 11 is 1.34. The summed E-state index contributed by atoms with van der Waals surface area (Å²) in [5, 5.41) is 11.9. The molecule has 20 heavy (non-hydrogen) atoms. The molecular weight excluding hydrogens is 278 g/mol. The molecule has 0 atom stereocenters. The molecule has 2 aromatic rings. The van der Waals surface area contributed by atoms with E-state index in [1.54, 1.807) is 38.5 Å². The minimum Gasteiger partial charge on any atom is -0.497 e. The summed E-state index contributed by atoms with van der Waals surface area (Å²) in [4.78, 5) is 12.0. The number of hydrogen-bond acceptors (Lipinski definition) is 6. The largest absolute Gasteiger partial charge is 0.497 e. The monoisotopic (exact) mass is 293 g/mol. The number of nitrogens with one attached hydrogen (secondary N) is 1. The second-order valence-electron chi connectivity index (χ2n) is 3.93. The van der Waals surface area contributed by atoms with E-state index in [0.717, 1.165) is 5.01 Å². The summed E-state index contributed by atoms with van der Waals surface area (Å²) in [6, 6.07) is 6.86. The van der Waals surface area contributed by atoms with Gasteiger partial charge in [-0.15, -0.1) is 10.2 Å². The van der Waals surface area contributed by atoms with Gasteiger partial charge in [-0.05, 0) is 24.3 Å². The number of amides is 1. The summed E-state index contributed by atoms with van der Waals surface area (Å²) in [5.74, 6) is 0.487. The number of carbonyl (C=O) groups excluding carboxylic acids is 1. The van der Waals surface area contributed by atoms with Crippen LogP contribution in [-0.2, 0) is 11.2 Å². The number of hydrogen-bond donors (Lipinski definition) is 1. The van der Waals surface area contributed by atoms with E-state index in [9.17, 15) is 4.79 Å². The van der Waals surface area contributed by atoms with Crippen LogP contribution in [0.3, 0.4) is 0 Å². The van der Waals surface area contributed by atoms with Crippen molar-refractivity contribution in [2.75, 3.05) is 26.1 Å². The Hall–Kier alpha value is -1.99. The van der Waals surface area contributed by atoms with Gasteiger partial charge in [0, 0.05) is 19.1 Å².